The molecule has 0 atom stereocenters. The van der Waals surface area contributed by atoms with Gasteiger partial charge >= 0.3 is 0 Å². The molecule has 4 N–H and O–H groups in total. The van der Waals surface area contributed by atoms with E-state index in [2.05, 4.69) is 26.9 Å². The minimum Gasteiger partial charge on any atom is -0.395 e. The second-order valence-electron chi connectivity index (χ2n) is 12.6. The molecule has 0 heterocycles. The molecule has 12 heteroatoms. The number of aliphatic hydroxyl groups is 3. The fourth-order valence-electron chi connectivity index (χ4n) is 4.78. The molecule has 0 radical (unpaired) electrons. The minimum atomic E-state index is -0.0845. The molecule has 0 bridgehead atoms. The molecule has 50 heavy (non-hydrogen) atoms. The molecule has 2 rings (SSSR count). The van der Waals surface area contributed by atoms with Crippen LogP contribution in [0.2, 0.25) is 0 Å². The summed E-state index contributed by atoms with van der Waals surface area (Å²) in [6.07, 6.45) is 4.46. The van der Waals surface area contributed by atoms with E-state index in [1.807, 2.05) is 57.4 Å². The number of amides is 1. The van der Waals surface area contributed by atoms with Gasteiger partial charge in [0.05, 0.1) is 19.8 Å². The molecule has 2 aromatic carbocycles. The Bertz CT molecular complexity index is 1010. The lowest BCUT2D eigenvalue weighted by atomic mass is 10.0. The number of hydrogen-bond acceptors (Lipinski definition) is 9. The Morgan fingerprint density at radius 1 is 0.600 bits per heavy atom. The monoisotopic (exact) mass is 741 g/mol. The first-order valence-corrected chi connectivity index (χ1v) is 18.8. The summed E-state index contributed by atoms with van der Waals surface area (Å²) in [7, 11) is 8.09. The van der Waals surface area contributed by atoms with Crippen molar-refractivity contribution in [2.75, 3.05) is 107 Å². The SMILES string of the molecule is CCCN(CCO)CCN(CCO)CCO.CN(C)CCCCC(=O)c1ccc(C(=O)NCCCN(C)C)cc1.ClCc1ccc(CCl)cc1. The third-order valence-corrected chi connectivity index (χ3v) is 8.27. The highest BCUT2D eigenvalue weighted by molar-refractivity contribution is 6.17. The quantitative estimate of drug-likeness (QED) is 0.0705. The van der Waals surface area contributed by atoms with Crippen LogP contribution in [0.25, 0.3) is 0 Å². The number of carbonyl (C=O) groups is 2. The molecule has 0 saturated carbocycles. The van der Waals surface area contributed by atoms with Crippen LogP contribution in [0.15, 0.2) is 48.5 Å². The van der Waals surface area contributed by atoms with Crippen molar-refractivity contribution in [1.82, 2.24) is 24.9 Å². The lowest BCUT2D eigenvalue weighted by Gasteiger charge is -2.26. The zero-order valence-electron chi connectivity index (χ0n) is 31.3. The van der Waals surface area contributed by atoms with Crippen LogP contribution >= 0.6 is 23.2 Å². The second kappa shape index (κ2) is 31.6. The molecule has 2 aromatic rings. The van der Waals surface area contributed by atoms with Crippen molar-refractivity contribution in [1.29, 1.82) is 0 Å². The predicted octanol–water partition coefficient (Wildman–Crippen LogP) is 4.42. The molecule has 0 spiro atoms. The van der Waals surface area contributed by atoms with Crippen molar-refractivity contribution in [3.8, 4) is 0 Å². The number of ketones is 1. The van der Waals surface area contributed by atoms with Crippen LogP contribution in [0.3, 0.4) is 0 Å². The maximum absolute atomic E-state index is 12.1. The van der Waals surface area contributed by atoms with E-state index in [9.17, 15) is 9.59 Å². The van der Waals surface area contributed by atoms with E-state index in [0.717, 1.165) is 69.5 Å². The molecular weight excluding hydrogens is 677 g/mol. The van der Waals surface area contributed by atoms with Gasteiger partial charge in [0.25, 0.3) is 5.91 Å². The summed E-state index contributed by atoms with van der Waals surface area (Å²) in [5.41, 5.74) is 3.55. The van der Waals surface area contributed by atoms with Gasteiger partial charge in [-0.05, 0) is 96.8 Å². The van der Waals surface area contributed by atoms with Crippen molar-refractivity contribution in [2.24, 2.45) is 0 Å². The lowest BCUT2D eigenvalue weighted by Crippen LogP contribution is -2.39. The van der Waals surface area contributed by atoms with Crippen LogP contribution in [0.4, 0.5) is 0 Å². The van der Waals surface area contributed by atoms with Gasteiger partial charge in [-0.15, -0.1) is 23.2 Å². The van der Waals surface area contributed by atoms with Gasteiger partial charge in [0.15, 0.2) is 5.78 Å². The number of Topliss-reactive ketones (excluding diaryl/α,β-unsaturated/α-hetero) is 1. The summed E-state index contributed by atoms with van der Waals surface area (Å²) in [6.45, 7) is 9.69. The lowest BCUT2D eigenvalue weighted by molar-refractivity contribution is 0.0948. The number of nitrogens with one attached hydrogen (secondary N) is 1. The molecule has 10 nitrogen and oxygen atoms in total. The summed E-state index contributed by atoms with van der Waals surface area (Å²) in [6, 6.07) is 14.9. The number of alkyl halides is 2. The number of aliphatic hydroxyl groups excluding tert-OH is 3. The van der Waals surface area contributed by atoms with E-state index in [1.165, 1.54) is 0 Å². The smallest absolute Gasteiger partial charge is 0.251 e. The number of hydrogen-bond donors (Lipinski definition) is 4. The maximum atomic E-state index is 12.1. The third-order valence-electron chi connectivity index (χ3n) is 7.65. The number of benzene rings is 2. The van der Waals surface area contributed by atoms with Crippen molar-refractivity contribution in [2.45, 2.75) is 50.8 Å². The van der Waals surface area contributed by atoms with Gasteiger partial charge in [-0.3, -0.25) is 19.4 Å². The van der Waals surface area contributed by atoms with E-state index >= 15 is 0 Å². The van der Waals surface area contributed by atoms with Gasteiger partial charge in [0.2, 0.25) is 0 Å². The molecule has 286 valence electrons. The van der Waals surface area contributed by atoms with Crippen molar-refractivity contribution in [3.05, 3.63) is 70.8 Å². The van der Waals surface area contributed by atoms with Gasteiger partial charge in [-0.1, -0.05) is 43.3 Å². The van der Waals surface area contributed by atoms with Crippen LogP contribution in [-0.2, 0) is 11.8 Å². The summed E-state index contributed by atoms with van der Waals surface area (Å²) in [5, 5.41) is 29.5. The number of nitrogens with zero attached hydrogens (tertiary/aromatic N) is 4. The fraction of sp³-hybridized carbons (Fsp3) is 0.632. The van der Waals surface area contributed by atoms with E-state index in [-0.39, 0.29) is 31.5 Å². The highest BCUT2D eigenvalue weighted by Gasteiger charge is 2.10. The van der Waals surface area contributed by atoms with Gasteiger partial charge < -0.3 is 30.4 Å². The first-order valence-electron chi connectivity index (χ1n) is 17.7. The molecule has 0 aromatic heterocycles. The summed E-state index contributed by atoms with van der Waals surface area (Å²) in [4.78, 5) is 32.6. The average Bonchev–Trinajstić information content (AvgIpc) is 3.11. The Hall–Kier alpha value is -2.12. The Labute approximate surface area is 312 Å². The maximum Gasteiger partial charge on any atom is 0.251 e. The van der Waals surface area contributed by atoms with Crippen molar-refractivity contribution >= 4 is 34.9 Å². The Morgan fingerprint density at radius 3 is 1.46 bits per heavy atom. The van der Waals surface area contributed by atoms with Gasteiger partial charge in [0, 0.05) is 68.6 Å². The molecule has 0 aliphatic carbocycles. The van der Waals surface area contributed by atoms with E-state index in [1.54, 1.807) is 24.3 Å². The van der Waals surface area contributed by atoms with Crippen LogP contribution < -0.4 is 5.32 Å². The largest absolute Gasteiger partial charge is 0.395 e. The molecule has 0 saturated heterocycles. The van der Waals surface area contributed by atoms with Crippen LogP contribution in [0.5, 0.6) is 0 Å². The van der Waals surface area contributed by atoms with Crippen molar-refractivity contribution in [3.63, 3.8) is 0 Å². The molecular formula is C38H65Cl2N5O5. The van der Waals surface area contributed by atoms with Crippen LogP contribution in [0, 0.1) is 0 Å². The van der Waals surface area contributed by atoms with E-state index < -0.39 is 0 Å². The van der Waals surface area contributed by atoms with Gasteiger partial charge in [0.1, 0.15) is 0 Å². The number of unbranched alkanes of at least 4 members (excludes halogenated alkanes) is 1. The number of rotatable bonds is 24. The standard InChI is InChI=1S/C19H31N3O2.C11H26N2O3.C8H8Cl2/c1-21(2)14-6-5-8-18(23)16-9-11-17(12-10-16)19(24)20-13-7-15-22(3)4;1-2-3-12(6-9-14)4-5-13(7-10-15)8-11-16;9-5-7-1-2-8(6-10)4-3-7/h9-12H,5-8,13-15H2,1-4H3,(H,20,24);14-16H,2-11H2,1H3;1-4H,5-6H2. The van der Waals surface area contributed by atoms with Crippen molar-refractivity contribution < 1.29 is 24.9 Å². The highest BCUT2D eigenvalue weighted by atomic mass is 35.5. The topological polar surface area (TPSA) is 120 Å². The van der Waals surface area contributed by atoms with Gasteiger partial charge in [-0.25, -0.2) is 0 Å². The fourth-order valence-corrected chi connectivity index (χ4v) is 5.13. The summed E-state index contributed by atoms with van der Waals surface area (Å²) in [5.74, 6) is 1.20. The van der Waals surface area contributed by atoms with Crippen LogP contribution in [-0.4, -0.2) is 154 Å². The minimum absolute atomic E-state index is 0.0845. The molecule has 1 amide bonds. The first kappa shape index (κ1) is 47.9. The zero-order chi connectivity index (χ0) is 37.6. The first-order chi connectivity index (χ1) is 24.0. The van der Waals surface area contributed by atoms with Crippen LogP contribution in [0.1, 0.15) is 70.9 Å². The summed E-state index contributed by atoms with van der Waals surface area (Å²) < 4.78 is 0. The van der Waals surface area contributed by atoms with Gasteiger partial charge in [-0.2, -0.15) is 0 Å². The second-order valence-corrected chi connectivity index (χ2v) is 13.1. The number of halogens is 2. The Morgan fingerprint density at radius 2 is 1.04 bits per heavy atom. The summed E-state index contributed by atoms with van der Waals surface area (Å²) >= 11 is 11.2. The molecule has 0 unspecified atom stereocenters. The molecule has 0 aliphatic heterocycles. The Balaban J connectivity index is 0.000000791. The molecule has 0 fully saturated rings. The average molecular weight is 743 g/mol. The number of carbonyl (C=O) groups excluding carboxylic acids is 2. The Kier molecular flexibility index (Phi) is 30.3. The zero-order valence-corrected chi connectivity index (χ0v) is 32.8. The van der Waals surface area contributed by atoms with E-state index in [4.69, 9.17) is 38.5 Å². The molecule has 0 aliphatic rings. The normalized spacial score (nSPS) is 11.0. The highest BCUT2D eigenvalue weighted by Crippen LogP contribution is 2.10. The predicted molar refractivity (Wildman–Crippen MR) is 209 cm³/mol. The third kappa shape index (κ3) is 24.9. The van der Waals surface area contributed by atoms with E-state index in [0.29, 0.717) is 55.5 Å².